The molecule has 0 saturated heterocycles. The van der Waals surface area contributed by atoms with Gasteiger partial charge in [-0.3, -0.25) is 4.79 Å². The SMILES string of the molecule is O=Cc1c[nH]c(Cc2ccc3c(c2)OCO3)c1. The molecule has 0 radical (unpaired) electrons. The molecule has 1 aliphatic heterocycles. The number of rotatable bonds is 3. The lowest BCUT2D eigenvalue weighted by atomic mass is 10.1. The van der Waals surface area contributed by atoms with Gasteiger partial charge in [0, 0.05) is 23.9 Å². The quantitative estimate of drug-likeness (QED) is 0.820. The molecule has 2 heterocycles. The standard InChI is InChI=1S/C13H11NO3/c15-7-10-4-11(14-6-10)3-9-1-2-12-13(5-9)17-8-16-12/h1-2,4-7,14H,3,8H2. The van der Waals surface area contributed by atoms with Crippen molar-refractivity contribution in [3.8, 4) is 11.5 Å². The first-order valence-corrected chi connectivity index (χ1v) is 5.36. The summed E-state index contributed by atoms with van der Waals surface area (Å²) in [5, 5.41) is 0. The third-order valence-corrected chi connectivity index (χ3v) is 2.73. The Morgan fingerprint density at radius 1 is 1.24 bits per heavy atom. The zero-order valence-corrected chi connectivity index (χ0v) is 9.10. The summed E-state index contributed by atoms with van der Waals surface area (Å²) >= 11 is 0. The molecule has 1 aromatic heterocycles. The van der Waals surface area contributed by atoms with E-state index in [4.69, 9.17) is 9.47 Å². The Kier molecular flexibility index (Phi) is 2.33. The first-order valence-electron chi connectivity index (χ1n) is 5.36. The van der Waals surface area contributed by atoms with Gasteiger partial charge in [0.2, 0.25) is 6.79 Å². The van der Waals surface area contributed by atoms with Crippen molar-refractivity contribution >= 4 is 6.29 Å². The van der Waals surface area contributed by atoms with Crippen molar-refractivity contribution in [3.05, 3.63) is 47.3 Å². The Morgan fingerprint density at radius 3 is 2.94 bits per heavy atom. The van der Waals surface area contributed by atoms with E-state index in [1.54, 1.807) is 6.20 Å². The minimum Gasteiger partial charge on any atom is -0.454 e. The molecule has 1 N–H and O–H groups in total. The molecule has 1 aliphatic rings. The van der Waals surface area contributed by atoms with Crippen LogP contribution in [0.5, 0.6) is 11.5 Å². The van der Waals surface area contributed by atoms with E-state index in [0.717, 1.165) is 35.5 Å². The minimum absolute atomic E-state index is 0.288. The summed E-state index contributed by atoms with van der Waals surface area (Å²) in [4.78, 5) is 13.6. The van der Waals surface area contributed by atoms with Crippen LogP contribution in [0, 0.1) is 0 Å². The molecule has 17 heavy (non-hydrogen) atoms. The fraction of sp³-hybridized carbons (Fsp3) is 0.154. The van der Waals surface area contributed by atoms with Gasteiger partial charge in [0.25, 0.3) is 0 Å². The smallest absolute Gasteiger partial charge is 0.231 e. The van der Waals surface area contributed by atoms with E-state index >= 15 is 0 Å². The van der Waals surface area contributed by atoms with Gasteiger partial charge in [-0.15, -0.1) is 0 Å². The van der Waals surface area contributed by atoms with Gasteiger partial charge in [-0.25, -0.2) is 0 Å². The van der Waals surface area contributed by atoms with Crippen LogP contribution in [0.1, 0.15) is 21.6 Å². The van der Waals surface area contributed by atoms with Crippen LogP contribution in [0.15, 0.2) is 30.5 Å². The summed E-state index contributed by atoms with van der Waals surface area (Å²) in [5.74, 6) is 1.57. The van der Waals surface area contributed by atoms with Gasteiger partial charge < -0.3 is 14.5 Å². The molecule has 0 amide bonds. The van der Waals surface area contributed by atoms with Crippen LogP contribution in [-0.4, -0.2) is 18.1 Å². The van der Waals surface area contributed by atoms with Gasteiger partial charge in [0.05, 0.1) is 0 Å². The minimum atomic E-state index is 0.288. The molecular formula is C13H11NO3. The van der Waals surface area contributed by atoms with Gasteiger partial charge >= 0.3 is 0 Å². The predicted octanol–water partition coefficient (Wildman–Crippen LogP) is 2.15. The molecule has 0 unspecified atom stereocenters. The highest BCUT2D eigenvalue weighted by Crippen LogP contribution is 2.32. The van der Waals surface area contributed by atoms with Gasteiger partial charge in [-0.05, 0) is 23.8 Å². The molecule has 86 valence electrons. The largest absolute Gasteiger partial charge is 0.454 e. The molecule has 0 atom stereocenters. The number of aromatic nitrogens is 1. The summed E-state index contributed by atoms with van der Waals surface area (Å²) in [7, 11) is 0. The average Bonchev–Trinajstić information content (AvgIpc) is 2.96. The number of ether oxygens (including phenoxy) is 2. The molecule has 2 aromatic rings. The van der Waals surface area contributed by atoms with Crippen LogP contribution < -0.4 is 9.47 Å². The topological polar surface area (TPSA) is 51.3 Å². The van der Waals surface area contributed by atoms with E-state index in [-0.39, 0.29) is 6.79 Å². The van der Waals surface area contributed by atoms with Crippen LogP contribution in [0.3, 0.4) is 0 Å². The Labute approximate surface area is 98.2 Å². The number of aromatic amines is 1. The van der Waals surface area contributed by atoms with Crippen LogP contribution in [0.4, 0.5) is 0 Å². The molecule has 0 aliphatic carbocycles. The Hall–Kier alpha value is -2.23. The highest BCUT2D eigenvalue weighted by Gasteiger charge is 2.13. The lowest BCUT2D eigenvalue weighted by Gasteiger charge is -2.01. The van der Waals surface area contributed by atoms with Gasteiger partial charge in [0.15, 0.2) is 17.8 Å². The van der Waals surface area contributed by atoms with E-state index in [9.17, 15) is 4.79 Å². The number of fused-ring (bicyclic) bond motifs is 1. The molecule has 0 spiro atoms. The molecule has 0 saturated carbocycles. The fourth-order valence-corrected chi connectivity index (χ4v) is 1.90. The van der Waals surface area contributed by atoms with E-state index in [0.29, 0.717) is 5.56 Å². The van der Waals surface area contributed by atoms with Crippen molar-refractivity contribution in [2.45, 2.75) is 6.42 Å². The monoisotopic (exact) mass is 229 g/mol. The van der Waals surface area contributed by atoms with Crippen molar-refractivity contribution in [2.75, 3.05) is 6.79 Å². The fourth-order valence-electron chi connectivity index (χ4n) is 1.90. The number of benzene rings is 1. The number of H-pyrrole nitrogens is 1. The molecule has 3 rings (SSSR count). The lowest BCUT2D eigenvalue weighted by Crippen LogP contribution is -1.93. The van der Waals surface area contributed by atoms with Crippen LogP contribution >= 0.6 is 0 Å². The van der Waals surface area contributed by atoms with Crippen LogP contribution in [-0.2, 0) is 6.42 Å². The predicted molar refractivity (Wildman–Crippen MR) is 61.6 cm³/mol. The van der Waals surface area contributed by atoms with Crippen molar-refractivity contribution < 1.29 is 14.3 Å². The number of carbonyl (C=O) groups is 1. The Bertz CT molecular complexity index is 560. The second-order valence-electron chi connectivity index (χ2n) is 3.94. The van der Waals surface area contributed by atoms with Gasteiger partial charge in [0.1, 0.15) is 0 Å². The molecule has 4 nitrogen and oxygen atoms in total. The second kappa shape index (κ2) is 3.97. The molecule has 1 aromatic carbocycles. The summed E-state index contributed by atoms with van der Waals surface area (Å²) in [5.41, 5.74) is 2.79. The van der Waals surface area contributed by atoms with Crippen molar-refractivity contribution in [3.63, 3.8) is 0 Å². The summed E-state index contributed by atoms with van der Waals surface area (Å²) in [6, 6.07) is 7.71. The van der Waals surface area contributed by atoms with Crippen LogP contribution in [0.25, 0.3) is 0 Å². The molecular weight excluding hydrogens is 218 g/mol. The van der Waals surface area contributed by atoms with Crippen molar-refractivity contribution in [1.29, 1.82) is 0 Å². The Morgan fingerprint density at radius 2 is 2.12 bits per heavy atom. The number of hydrogen-bond acceptors (Lipinski definition) is 3. The lowest BCUT2D eigenvalue weighted by molar-refractivity contribution is 0.112. The summed E-state index contributed by atoms with van der Waals surface area (Å²) < 4.78 is 10.6. The number of hydrogen-bond donors (Lipinski definition) is 1. The maximum absolute atomic E-state index is 10.6. The van der Waals surface area contributed by atoms with E-state index < -0.39 is 0 Å². The van der Waals surface area contributed by atoms with Crippen LogP contribution in [0.2, 0.25) is 0 Å². The number of carbonyl (C=O) groups excluding carboxylic acids is 1. The summed E-state index contributed by atoms with van der Waals surface area (Å²) in [6.45, 7) is 0.288. The van der Waals surface area contributed by atoms with E-state index in [1.165, 1.54) is 0 Å². The zero-order chi connectivity index (χ0) is 11.7. The molecule has 4 heteroatoms. The first-order chi connectivity index (χ1) is 8.35. The molecule has 0 bridgehead atoms. The van der Waals surface area contributed by atoms with Crippen molar-refractivity contribution in [1.82, 2.24) is 4.98 Å². The molecule has 0 fully saturated rings. The average molecular weight is 229 g/mol. The van der Waals surface area contributed by atoms with Gasteiger partial charge in [-0.2, -0.15) is 0 Å². The highest BCUT2D eigenvalue weighted by molar-refractivity contribution is 5.74. The normalized spacial score (nSPS) is 12.7. The third-order valence-electron chi connectivity index (χ3n) is 2.73. The van der Waals surface area contributed by atoms with Gasteiger partial charge in [-0.1, -0.05) is 6.07 Å². The second-order valence-corrected chi connectivity index (χ2v) is 3.94. The number of nitrogens with one attached hydrogen (secondary N) is 1. The third kappa shape index (κ3) is 1.89. The van der Waals surface area contributed by atoms with E-state index in [2.05, 4.69) is 4.98 Å². The Balaban J connectivity index is 1.83. The first kappa shape index (κ1) is 9.96. The maximum Gasteiger partial charge on any atom is 0.231 e. The summed E-state index contributed by atoms with van der Waals surface area (Å²) in [6.07, 6.45) is 3.28. The highest BCUT2D eigenvalue weighted by atomic mass is 16.7. The van der Waals surface area contributed by atoms with Crippen molar-refractivity contribution in [2.24, 2.45) is 0 Å². The number of aldehydes is 1. The maximum atomic E-state index is 10.6. The zero-order valence-electron chi connectivity index (χ0n) is 9.10. The van der Waals surface area contributed by atoms with E-state index in [1.807, 2.05) is 24.3 Å².